The number of ether oxygens (including phenoxy) is 1. The first-order chi connectivity index (χ1) is 13.7. The molecule has 1 aliphatic rings. The van der Waals surface area contributed by atoms with Gasteiger partial charge in [0.05, 0.1) is 18.4 Å². The lowest BCUT2D eigenvalue weighted by atomic mass is 10.2. The minimum absolute atomic E-state index is 0.0740. The van der Waals surface area contributed by atoms with Crippen LogP contribution in [-0.2, 0) is 11.3 Å². The molecule has 1 fully saturated rings. The largest absolute Gasteiger partial charge is 0.495 e. The van der Waals surface area contributed by atoms with Crippen LogP contribution in [-0.4, -0.2) is 48.7 Å². The predicted molar refractivity (Wildman–Crippen MR) is 108 cm³/mol. The van der Waals surface area contributed by atoms with Gasteiger partial charge in [-0.15, -0.1) is 0 Å². The van der Waals surface area contributed by atoms with E-state index in [4.69, 9.17) is 4.74 Å². The monoisotopic (exact) mass is 374 g/mol. The molecule has 6 heteroatoms. The third-order valence-corrected chi connectivity index (χ3v) is 5.27. The van der Waals surface area contributed by atoms with Crippen LogP contribution in [0.15, 0.2) is 54.7 Å². The summed E-state index contributed by atoms with van der Waals surface area (Å²) in [6.45, 7) is 3.11. The number of anilines is 1. The van der Waals surface area contributed by atoms with Gasteiger partial charge in [0, 0.05) is 43.3 Å². The number of piperazine rings is 1. The summed E-state index contributed by atoms with van der Waals surface area (Å²) in [5.74, 6) is 0.926. The number of nitriles is 1. The normalized spacial score (nSPS) is 14.1. The zero-order chi connectivity index (χ0) is 19.5. The fourth-order valence-corrected chi connectivity index (χ4v) is 3.80. The van der Waals surface area contributed by atoms with E-state index in [0.29, 0.717) is 18.7 Å². The molecule has 2 aromatic carbocycles. The quantitative estimate of drug-likeness (QED) is 0.705. The summed E-state index contributed by atoms with van der Waals surface area (Å²) < 4.78 is 7.33. The van der Waals surface area contributed by atoms with Gasteiger partial charge in [-0.3, -0.25) is 4.79 Å². The van der Waals surface area contributed by atoms with E-state index in [1.54, 1.807) is 13.3 Å². The second kappa shape index (κ2) is 7.65. The first kappa shape index (κ1) is 17.9. The highest BCUT2D eigenvalue weighted by Crippen LogP contribution is 2.28. The number of amides is 1. The van der Waals surface area contributed by atoms with Gasteiger partial charge in [-0.1, -0.05) is 30.3 Å². The van der Waals surface area contributed by atoms with E-state index in [1.807, 2.05) is 58.0 Å². The lowest BCUT2D eigenvalue weighted by Crippen LogP contribution is -2.49. The smallest absolute Gasteiger partial charge is 0.242 e. The van der Waals surface area contributed by atoms with E-state index in [2.05, 4.69) is 11.0 Å². The van der Waals surface area contributed by atoms with E-state index in [1.165, 1.54) is 0 Å². The number of rotatable bonds is 4. The van der Waals surface area contributed by atoms with Crippen LogP contribution in [0.5, 0.6) is 5.75 Å². The van der Waals surface area contributed by atoms with Gasteiger partial charge in [0.2, 0.25) is 5.91 Å². The summed E-state index contributed by atoms with van der Waals surface area (Å²) in [6.07, 6.45) is 1.77. The number of para-hydroxylation sites is 3. The Bertz CT molecular complexity index is 1040. The molecule has 0 spiro atoms. The second-order valence-corrected chi connectivity index (χ2v) is 6.84. The van der Waals surface area contributed by atoms with Crippen molar-refractivity contribution < 1.29 is 9.53 Å². The summed E-state index contributed by atoms with van der Waals surface area (Å²) in [4.78, 5) is 17.0. The molecular formula is C22H22N4O2. The molecule has 0 saturated carbocycles. The SMILES string of the molecule is COc1ccccc1N1CCN(C(=O)Cn2cc(C#N)c3ccccc32)CC1. The predicted octanol–water partition coefficient (Wildman–Crippen LogP) is 2.87. The number of carbonyl (C=O) groups is 1. The van der Waals surface area contributed by atoms with E-state index in [9.17, 15) is 10.1 Å². The van der Waals surface area contributed by atoms with Crippen LogP contribution in [0.1, 0.15) is 5.56 Å². The number of fused-ring (bicyclic) bond motifs is 1. The van der Waals surface area contributed by atoms with Crippen LogP contribution in [0.2, 0.25) is 0 Å². The third kappa shape index (κ3) is 3.27. The maximum atomic E-state index is 12.9. The van der Waals surface area contributed by atoms with Gasteiger partial charge in [0.15, 0.2) is 0 Å². The molecule has 1 saturated heterocycles. The Morgan fingerprint density at radius 2 is 1.79 bits per heavy atom. The summed E-state index contributed by atoms with van der Waals surface area (Å²) in [5.41, 5.74) is 2.58. The van der Waals surface area contributed by atoms with Gasteiger partial charge in [0.25, 0.3) is 0 Å². The number of benzene rings is 2. The highest BCUT2D eigenvalue weighted by molar-refractivity contribution is 5.88. The molecular weight excluding hydrogens is 352 g/mol. The molecule has 1 aliphatic heterocycles. The maximum absolute atomic E-state index is 12.9. The molecule has 6 nitrogen and oxygen atoms in total. The van der Waals surface area contributed by atoms with Crippen LogP contribution in [0.3, 0.4) is 0 Å². The highest BCUT2D eigenvalue weighted by Gasteiger charge is 2.23. The molecule has 3 aromatic rings. The van der Waals surface area contributed by atoms with Crippen molar-refractivity contribution in [3.8, 4) is 11.8 Å². The van der Waals surface area contributed by atoms with E-state index >= 15 is 0 Å². The molecule has 0 N–H and O–H groups in total. The molecule has 4 rings (SSSR count). The number of aromatic nitrogens is 1. The molecule has 0 atom stereocenters. The van der Waals surface area contributed by atoms with E-state index < -0.39 is 0 Å². The number of hydrogen-bond donors (Lipinski definition) is 0. The van der Waals surface area contributed by atoms with E-state index in [0.717, 1.165) is 35.4 Å². The fraction of sp³-hybridized carbons (Fsp3) is 0.273. The Balaban J connectivity index is 1.45. The van der Waals surface area contributed by atoms with Crippen molar-refractivity contribution in [1.29, 1.82) is 5.26 Å². The summed E-state index contributed by atoms with van der Waals surface area (Å²) in [7, 11) is 1.68. The maximum Gasteiger partial charge on any atom is 0.242 e. The summed E-state index contributed by atoms with van der Waals surface area (Å²) in [5, 5.41) is 10.2. The highest BCUT2D eigenvalue weighted by atomic mass is 16.5. The van der Waals surface area contributed by atoms with Gasteiger partial charge >= 0.3 is 0 Å². The Kier molecular flexibility index (Phi) is 4.90. The first-order valence-electron chi connectivity index (χ1n) is 9.35. The lowest BCUT2D eigenvalue weighted by molar-refractivity contribution is -0.132. The molecule has 0 aliphatic carbocycles. The topological polar surface area (TPSA) is 61.5 Å². The van der Waals surface area contributed by atoms with Gasteiger partial charge in [-0.05, 0) is 18.2 Å². The van der Waals surface area contributed by atoms with Gasteiger partial charge < -0.3 is 19.1 Å². The van der Waals surface area contributed by atoms with Crippen molar-refractivity contribution in [2.24, 2.45) is 0 Å². The van der Waals surface area contributed by atoms with Crippen LogP contribution < -0.4 is 9.64 Å². The van der Waals surface area contributed by atoms with Crippen LogP contribution in [0, 0.1) is 11.3 Å². The van der Waals surface area contributed by atoms with Crippen molar-refractivity contribution >= 4 is 22.5 Å². The Morgan fingerprint density at radius 1 is 1.07 bits per heavy atom. The minimum atomic E-state index is 0.0740. The van der Waals surface area contributed by atoms with Crippen molar-refractivity contribution in [2.45, 2.75) is 6.54 Å². The number of methoxy groups -OCH3 is 1. The standard InChI is InChI=1S/C22H22N4O2/c1-28-21-9-5-4-8-20(21)24-10-12-25(13-11-24)22(27)16-26-15-17(14-23)18-6-2-3-7-19(18)26/h2-9,15H,10-13,16H2,1H3. The number of nitrogens with zero attached hydrogens (tertiary/aromatic N) is 4. The molecule has 0 unspecified atom stereocenters. The molecule has 28 heavy (non-hydrogen) atoms. The first-order valence-corrected chi connectivity index (χ1v) is 9.35. The Labute approximate surface area is 164 Å². The molecule has 142 valence electrons. The molecule has 0 radical (unpaired) electrons. The van der Waals surface area contributed by atoms with Gasteiger partial charge in [-0.2, -0.15) is 5.26 Å². The van der Waals surface area contributed by atoms with Crippen molar-refractivity contribution in [3.05, 3.63) is 60.3 Å². The van der Waals surface area contributed by atoms with Crippen molar-refractivity contribution in [2.75, 3.05) is 38.2 Å². The average molecular weight is 374 g/mol. The van der Waals surface area contributed by atoms with E-state index in [-0.39, 0.29) is 12.5 Å². The zero-order valence-electron chi connectivity index (χ0n) is 15.8. The Hall–Kier alpha value is -3.46. The fourth-order valence-electron chi connectivity index (χ4n) is 3.80. The van der Waals surface area contributed by atoms with Crippen molar-refractivity contribution in [3.63, 3.8) is 0 Å². The summed E-state index contributed by atoms with van der Waals surface area (Å²) >= 11 is 0. The Morgan fingerprint density at radius 3 is 2.54 bits per heavy atom. The summed E-state index contributed by atoms with van der Waals surface area (Å²) in [6, 6.07) is 17.9. The van der Waals surface area contributed by atoms with Crippen LogP contribution in [0.25, 0.3) is 10.9 Å². The van der Waals surface area contributed by atoms with Crippen LogP contribution >= 0.6 is 0 Å². The molecule has 2 heterocycles. The lowest BCUT2D eigenvalue weighted by Gasteiger charge is -2.36. The third-order valence-electron chi connectivity index (χ3n) is 5.27. The zero-order valence-corrected chi connectivity index (χ0v) is 15.8. The number of carbonyl (C=O) groups excluding carboxylic acids is 1. The molecule has 1 amide bonds. The average Bonchev–Trinajstić information content (AvgIpc) is 3.11. The van der Waals surface area contributed by atoms with Crippen molar-refractivity contribution in [1.82, 2.24) is 9.47 Å². The number of hydrogen-bond acceptors (Lipinski definition) is 4. The van der Waals surface area contributed by atoms with Gasteiger partial charge in [0.1, 0.15) is 18.4 Å². The minimum Gasteiger partial charge on any atom is -0.495 e. The second-order valence-electron chi connectivity index (χ2n) is 6.84. The van der Waals surface area contributed by atoms with Gasteiger partial charge in [-0.25, -0.2) is 0 Å². The molecule has 0 bridgehead atoms. The van der Waals surface area contributed by atoms with Crippen LogP contribution in [0.4, 0.5) is 5.69 Å². The molecule has 1 aromatic heterocycles.